The monoisotopic (exact) mass is 243 g/mol. The predicted octanol–water partition coefficient (Wildman–Crippen LogP) is 0.163. The maximum atomic E-state index is 11.6. The van der Waals surface area contributed by atoms with Crippen molar-refractivity contribution in [2.24, 2.45) is 0 Å². The third kappa shape index (κ3) is 2.14. The average Bonchev–Trinajstić information content (AvgIpc) is 2.59. The van der Waals surface area contributed by atoms with Crippen molar-refractivity contribution < 1.29 is 13.2 Å². The van der Waals surface area contributed by atoms with Crippen LogP contribution in [0.2, 0.25) is 0 Å². The Kier molecular flexibility index (Phi) is 3.06. The number of nitrogens with zero attached hydrogens (tertiary/aromatic N) is 3. The van der Waals surface area contributed by atoms with Gasteiger partial charge in [0.1, 0.15) is 0 Å². The molecule has 0 bridgehead atoms. The van der Waals surface area contributed by atoms with E-state index in [9.17, 15) is 8.42 Å². The molecule has 0 atom stereocenters. The maximum Gasteiger partial charge on any atom is 0.239 e. The van der Waals surface area contributed by atoms with E-state index in [2.05, 4.69) is 9.97 Å². The molecule has 0 aliphatic carbocycles. The molecule has 1 aromatic heterocycles. The molecule has 1 fully saturated rings. The molecule has 0 aromatic carbocycles. The molecule has 0 saturated carbocycles. The van der Waals surface area contributed by atoms with E-state index in [0.29, 0.717) is 25.3 Å². The normalized spacial score (nSPS) is 18.9. The molecule has 0 unspecified atom stereocenters. The molecule has 1 aromatic rings. The van der Waals surface area contributed by atoms with Gasteiger partial charge in [-0.15, -0.1) is 0 Å². The molecule has 0 radical (unpaired) electrons. The first kappa shape index (κ1) is 11.3. The number of hydrogen-bond donors (Lipinski definition) is 0. The van der Waals surface area contributed by atoms with Crippen LogP contribution in [0, 0.1) is 0 Å². The fourth-order valence-corrected chi connectivity index (χ4v) is 3.06. The quantitative estimate of drug-likeness (QED) is 0.756. The van der Waals surface area contributed by atoms with Crippen LogP contribution in [0.15, 0.2) is 12.3 Å². The summed E-state index contributed by atoms with van der Waals surface area (Å²) in [6.45, 7) is 0.808. The second-order valence-corrected chi connectivity index (χ2v) is 5.54. The largest absolute Gasteiger partial charge is 0.378 e. The minimum atomic E-state index is -3.20. The second-order valence-electron chi connectivity index (χ2n) is 3.52. The number of anilines is 1. The average molecular weight is 243 g/mol. The molecule has 1 aliphatic rings. The number of rotatable bonds is 3. The first-order valence-electron chi connectivity index (χ1n) is 4.95. The van der Waals surface area contributed by atoms with Crippen LogP contribution < -0.4 is 4.31 Å². The van der Waals surface area contributed by atoms with E-state index < -0.39 is 10.0 Å². The molecule has 88 valence electrons. The molecular weight excluding hydrogens is 230 g/mol. The molecule has 0 amide bonds. The third-order valence-corrected chi connectivity index (χ3v) is 4.14. The van der Waals surface area contributed by atoms with E-state index in [-0.39, 0.29) is 11.7 Å². The van der Waals surface area contributed by atoms with Crippen LogP contribution in [-0.2, 0) is 21.4 Å². The van der Waals surface area contributed by atoms with E-state index in [4.69, 9.17) is 4.74 Å². The van der Waals surface area contributed by atoms with Gasteiger partial charge in [-0.2, -0.15) is 0 Å². The van der Waals surface area contributed by atoms with Gasteiger partial charge in [-0.05, 0) is 12.5 Å². The van der Waals surface area contributed by atoms with Gasteiger partial charge >= 0.3 is 0 Å². The smallest absolute Gasteiger partial charge is 0.239 e. The van der Waals surface area contributed by atoms with Crippen molar-refractivity contribution in [3.05, 3.63) is 18.0 Å². The minimum absolute atomic E-state index is 0.171. The number of aromatic nitrogens is 2. The second kappa shape index (κ2) is 4.34. The lowest BCUT2D eigenvalue weighted by Gasteiger charge is -2.14. The molecule has 2 rings (SSSR count). The first-order valence-corrected chi connectivity index (χ1v) is 6.56. The van der Waals surface area contributed by atoms with Gasteiger partial charge in [0.15, 0.2) is 0 Å². The van der Waals surface area contributed by atoms with E-state index in [1.165, 1.54) is 4.31 Å². The highest BCUT2D eigenvalue weighted by Gasteiger charge is 2.30. The van der Waals surface area contributed by atoms with Gasteiger partial charge in [-0.3, -0.25) is 0 Å². The summed E-state index contributed by atoms with van der Waals surface area (Å²) in [6.07, 6.45) is 2.17. The Bertz CT molecular complexity index is 475. The van der Waals surface area contributed by atoms with Crippen molar-refractivity contribution in [2.45, 2.75) is 13.0 Å². The molecule has 1 saturated heterocycles. The van der Waals surface area contributed by atoms with Crippen LogP contribution in [0.1, 0.15) is 12.1 Å². The van der Waals surface area contributed by atoms with Gasteiger partial charge in [0.25, 0.3) is 0 Å². The van der Waals surface area contributed by atoms with Gasteiger partial charge < -0.3 is 4.74 Å². The van der Waals surface area contributed by atoms with Crippen LogP contribution >= 0.6 is 0 Å². The molecule has 7 heteroatoms. The summed E-state index contributed by atoms with van der Waals surface area (Å²) in [4.78, 5) is 8.13. The zero-order valence-electron chi connectivity index (χ0n) is 8.96. The summed E-state index contributed by atoms with van der Waals surface area (Å²) in [5.74, 6) is 0.414. The van der Waals surface area contributed by atoms with E-state index >= 15 is 0 Å². The van der Waals surface area contributed by atoms with E-state index in [0.717, 1.165) is 0 Å². The minimum Gasteiger partial charge on any atom is -0.378 e. The molecular formula is C9H13N3O3S. The topological polar surface area (TPSA) is 72.4 Å². The molecule has 0 N–H and O–H groups in total. The highest BCUT2D eigenvalue weighted by Crippen LogP contribution is 2.19. The lowest BCUT2D eigenvalue weighted by Crippen LogP contribution is -2.27. The zero-order valence-corrected chi connectivity index (χ0v) is 9.77. The van der Waals surface area contributed by atoms with Gasteiger partial charge in [0.05, 0.1) is 18.1 Å². The zero-order chi connectivity index (χ0) is 11.6. The van der Waals surface area contributed by atoms with Gasteiger partial charge in [-0.1, -0.05) is 0 Å². The number of hydrogen-bond acceptors (Lipinski definition) is 5. The SMILES string of the molecule is COCc1ccnc(N2CCCS2(=O)=O)n1. The molecule has 1 aliphatic heterocycles. The Morgan fingerprint density at radius 1 is 1.56 bits per heavy atom. The Morgan fingerprint density at radius 2 is 2.38 bits per heavy atom. The van der Waals surface area contributed by atoms with Gasteiger partial charge in [0, 0.05) is 19.9 Å². The summed E-state index contributed by atoms with van der Waals surface area (Å²) < 4.78 is 29.5. The lowest BCUT2D eigenvalue weighted by molar-refractivity contribution is 0.181. The van der Waals surface area contributed by atoms with Crippen LogP contribution in [-0.4, -0.2) is 37.8 Å². The summed E-state index contributed by atoms with van der Waals surface area (Å²) in [5.41, 5.74) is 0.676. The Morgan fingerprint density at radius 3 is 3.00 bits per heavy atom. The fourth-order valence-electron chi connectivity index (χ4n) is 1.60. The number of sulfonamides is 1. The van der Waals surface area contributed by atoms with E-state index in [1.54, 1.807) is 19.4 Å². The van der Waals surface area contributed by atoms with Crippen molar-refractivity contribution in [1.82, 2.24) is 9.97 Å². The number of methoxy groups -OCH3 is 1. The highest BCUT2D eigenvalue weighted by molar-refractivity contribution is 7.93. The Labute approximate surface area is 94.3 Å². The summed E-state index contributed by atoms with van der Waals surface area (Å²) >= 11 is 0. The Balaban J connectivity index is 2.30. The fraction of sp³-hybridized carbons (Fsp3) is 0.556. The first-order chi connectivity index (χ1) is 7.63. The van der Waals surface area contributed by atoms with Crippen LogP contribution in [0.5, 0.6) is 0 Å². The van der Waals surface area contributed by atoms with Crippen molar-refractivity contribution in [3.8, 4) is 0 Å². The van der Waals surface area contributed by atoms with Crippen molar-refractivity contribution >= 4 is 16.0 Å². The van der Waals surface area contributed by atoms with Crippen molar-refractivity contribution in [2.75, 3.05) is 23.7 Å². The van der Waals surface area contributed by atoms with Crippen molar-refractivity contribution in [3.63, 3.8) is 0 Å². The van der Waals surface area contributed by atoms with Gasteiger partial charge in [0.2, 0.25) is 16.0 Å². The van der Waals surface area contributed by atoms with Crippen LogP contribution in [0.25, 0.3) is 0 Å². The third-order valence-electron chi connectivity index (χ3n) is 2.32. The molecule has 0 spiro atoms. The molecule has 16 heavy (non-hydrogen) atoms. The number of ether oxygens (including phenoxy) is 1. The van der Waals surface area contributed by atoms with Crippen LogP contribution in [0.3, 0.4) is 0 Å². The van der Waals surface area contributed by atoms with E-state index in [1.807, 2.05) is 0 Å². The summed E-state index contributed by atoms with van der Waals surface area (Å²) in [7, 11) is -1.64. The predicted molar refractivity (Wildman–Crippen MR) is 58.5 cm³/mol. The van der Waals surface area contributed by atoms with Crippen LogP contribution in [0.4, 0.5) is 5.95 Å². The molecule has 6 nitrogen and oxygen atoms in total. The molecule has 2 heterocycles. The highest BCUT2D eigenvalue weighted by atomic mass is 32.2. The standard InChI is InChI=1S/C9H13N3O3S/c1-15-7-8-3-4-10-9(11-8)12-5-2-6-16(12,13)14/h3-4H,2,5-7H2,1H3. The Hall–Kier alpha value is -1.21. The summed E-state index contributed by atoms with van der Waals surface area (Å²) in [6, 6.07) is 1.70. The summed E-state index contributed by atoms with van der Waals surface area (Å²) in [5, 5.41) is 0. The lowest BCUT2D eigenvalue weighted by atomic mass is 10.4. The van der Waals surface area contributed by atoms with Crippen molar-refractivity contribution in [1.29, 1.82) is 0 Å². The van der Waals surface area contributed by atoms with Gasteiger partial charge in [-0.25, -0.2) is 22.7 Å². The maximum absolute atomic E-state index is 11.6.